The van der Waals surface area contributed by atoms with Crippen LogP contribution < -0.4 is 4.52 Å². The molecule has 0 fully saturated rings. The van der Waals surface area contributed by atoms with Crippen LogP contribution in [0.5, 0.6) is 5.75 Å². The molecule has 1 rings (SSSR count). The normalized spacial score (nSPS) is 11.6. The van der Waals surface area contributed by atoms with E-state index in [0.29, 0.717) is 0 Å². The Hall–Kier alpha value is -0.500. The molecule has 1 aromatic rings. The minimum Gasteiger partial charge on any atom is -0.403 e. The molecule has 0 saturated carbocycles. The Balaban J connectivity index is 3.15. The third-order valence-electron chi connectivity index (χ3n) is 1.22. The average Bonchev–Trinajstić information content (AvgIpc) is 2.01. The summed E-state index contributed by atoms with van der Waals surface area (Å²) in [5.74, 6) is -0.309. The molecule has 0 unspecified atom stereocenters. The number of phosphoric ester groups is 1. The van der Waals surface area contributed by atoms with E-state index in [0.717, 1.165) is 0 Å². The van der Waals surface area contributed by atoms with Gasteiger partial charge in [0.15, 0.2) is 0 Å². The van der Waals surface area contributed by atoms with Crippen molar-refractivity contribution in [1.29, 1.82) is 0 Å². The van der Waals surface area contributed by atoms with Gasteiger partial charge in [0.05, 0.1) is 0 Å². The summed E-state index contributed by atoms with van der Waals surface area (Å²) in [6.45, 7) is 0. The van der Waals surface area contributed by atoms with Crippen LogP contribution in [0.15, 0.2) is 24.3 Å². The predicted molar refractivity (Wildman–Crippen MR) is 53.2 cm³/mol. The number of rotatable bonds is 3. The number of halogens is 1. The summed E-state index contributed by atoms with van der Waals surface area (Å²) >= 11 is -3.79. The van der Waals surface area contributed by atoms with Gasteiger partial charge in [0.25, 0.3) is 0 Å². The van der Waals surface area contributed by atoms with E-state index in [-0.39, 0.29) is 9.32 Å². The van der Waals surface area contributed by atoms with Crippen molar-refractivity contribution in [3.63, 3.8) is 0 Å². The summed E-state index contributed by atoms with van der Waals surface area (Å²) in [4.78, 5) is 17.0. The molecule has 0 aliphatic rings. The van der Waals surface area contributed by atoms with Crippen LogP contribution in [0, 0.1) is 3.57 Å². The predicted octanol–water partition coefficient (Wildman–Crippen LogP) is 1.53. The molecule has 1 aromatic carbocycles. The summed E-state index contributed by atoms with van der Waals surface area (Å²) in [5.41, 5.74) is 0. The molecule has 8 heteroatoms. The molecule has 0 aliphatic heterocycles. The molecule has 0 aromatic heterocycles. The molecule has 0 heterocycles. The third kappa shape index (κ3) is 3.33. The highest BCUT2D eigenvalue weighted by Gasteiger charge is 2.19. The molecule has 2 N–H and O–H groups in total. The van der Waals surface area contributed by atoms with E-state index in [2.05, 4.69) is 4.52 Å². The van der Waals surface area contributed by atoms with Crippen LogP contribution in [-0.2, 0) is 10.7 Å². The van der Waals surface area contributed by atoms with Gasteiger partial charge in [-0.1, -0.05) is 12.1 Å². The summed E-state index contributed by atoms with van der Waals surface area (Å²) < 4.78 is 35.9. The molecule has 0 bridgehead atoms. The van der Waals surface area contributed by atoms with Crippen LogP contribution in [0.3, 0.4) is 0 Å². The minimum atomic E-state index is -4.71. The van der Waals surface area contributed by atoms with E-state index in [9.17, 15) is 10.7 Å². The summed E-state index contributed by atoms with van der Waals surface area (Å²) in [5, 5.41) is 0. The average molecular weight is 332 g/mol. The Morgan fingerprint density at radius 3 is 2.29 bits per heavy atom. The van der Waals surface area contributed by atoms with Crippen molar-refractivity contribution in [2.24, 2.45) is 0 Å². The molecule has 0 spiro atoms. The topological polar surface area (TPSA) is 101 Å². The number of phosphoric acid groups is 1. The zero-order chi connectivity index (χ0) is 10.8. The molecule has 14 heavy (non-hydrogen) atoms. The number of benzene rings is 1. The first-order valence-corrected chi connectivity index (χ1v) is 7.66. The smallest absolute Gasteiger partial charge is 0.403 e. The molecule has 0 amide bonds. The largest absolute Gasteiger partial charge is 0.524 e. The van der Waals surface area contributed by atoms with E-state index < -0.39 is 27.6 Å². The number of para-hydroxylation sites is 1. The van der Waals surface area contributed by atoms with Gasteiger partial charge in [-0.15, -0.1) is 0 Å². The second-order valence-electron chi connectivity index (χ2n) is 2.23. The Morgan fingerprint density at radius 1 is 1.21 bits per heavy atom. The van der Waals surface area contributed by atoms with Gasteiger partial charge in [0, 0.05) is 0 Å². The summed E-state index contributed by atoms with van der Waals surface area (Å²) in [6, 6.07) is 5.29. The lowest BCUT2D eigenvalue weighted by molar-refractivity contribution is 0.282. The summed E-state index contributed by atoms with van der Waals surface area (Å²) in [7, 11) is -4.71. The van der Waals surface area contributed by atoms with Gasteiger partial charge in [-0.05, 0) is 12.1 Å². The van der Waals surface area contributed by atoms with Gasteiger partial charge < -0.3 is 4.52 Å². The number of hydrogen-bond donors (Lipinski definition) is 2. The molecule has 0 saturated heterocycles. The van der Waals surface area contributed by atoms with Gasteiger partial charge in [-0.2, -0.15) is 0 Å². The summed E-state index contributed by atoms with van der Waals surface area (Å²) in [6.07, 6.45) is 0. The Kier molecular flexibility index (Phi) is 3.59. The molecular weight excluding hydrogens is 326 g/mol. The fraction of sp³-hybridized carbons (Fsp3) is 0. The lowest BCUT2D eigenvalue weighted by Gasteiger charge is -2.06. The van der Waals surface area contributed by atoms with E-state index in [1.54, 1.807) is 0 Å². The monoisotopic (exact) mass is 332 g/mol. The molecule has 6 nitrogen and oxygen atoms in total. The van der Waals surface area contributed by atoms with Gasteiger partial charge in [-0.25, -0.2) is 10.7 Å². The van der Waals surface area contributed by atoms with Crippen LogP contribution in [0.4, 0.5) is 0 Å². The maximum Gasteiger partial charge on any atom is 0.524 e. The second kappa shape index (κ2) is 4.35. The Morgan fingerprint density at radius 2 is 1.79 bits per heavy atom. The Labute approximate surface area is 86.3 Å². The van der Waals surface area contributed by atoms with Crippen molar-refractivity contribution in [1.82, 2.24) is 0 Å². The zero-order valence-electron chi connectivity index (χ0n) is 6.66. The molecule has 0 atom stereocenters. The van der Waals surface area contributed by atoms with Gasteiger partial charge in [0.2, 0.25) is 0 Å². The van der Waals surface area contributed by atoms with Crippen LogP contribution in [-0.4, -0.2) is 9.79 Å². The Bertz CT molecular complexity index is 439. The van der Waals surface area contributed by atoms with Crippen molar-refractivity contribution < 1.29 is 25.0 Å². The molecule has 0 aliphatic carbocycles. The quantitative estimate of drug-likeness (QED) is 0.643. The maximum atomic E-state index is 10.7. The van der Waals surface area contributed by atoms with Crippen LogP contribution >= 0.6 is 27.6 Å². The third-order valence-corrected chi connectivity index (χ3v) is 3.49. The highest BCUT2D eigenvalue weighted by atomic mass is 127. The van der Waals surface area contributed by atoms with Crippen molar-refractivity contribution >= 4 is 27.6 Å². The molecular formula is C6H6IO6P. The van der Waals surface area contributed by atoms with Crippen molar-refractivity contribution in [3.8, 4) is 5.75 Å². The zero-order valence-corrected chi connectivity index (χ0v) is 9.71. The highest BCUT2D eigenvalue weighted by Crippen LogP contribution is 2.40. The van der Waals surface area contributed by atoms with E-state index >= 15 is 0 Å². The SMILES string of the molecule is O=I(=O)c1ccccc1OP(=O)(O)O. The first-order chi connectivity index (χ1) is 6.40. The highest BCUT2D eigenvalue weighted by molar-refractivity contribution is 14.2. The van der Waals surface area contributed by atoms with Gasteiger partial charge in [0.1, 0.15) is 9.32 Å². The van der Waals surface area contributed by atoms with Crippen LogP contribution in [0.1, 0.15) is 0 Å². The van der Waals surface area contributed by atoms with Crippen LogP contribution in [0.2, 0.25) is 0 Å². The fourth-order valence-corrected chi connectivity index (χ4v) is 2.59. The first-order valence-electron chi connectivity index (χ1n) is 3.29. The van der Waals surface area contributed by atoms with E-state index in [1.165, 1.54) is 24.3 Å². The van der Waals surface area contributed by atoms with Crippen molar-refractivity contribution in [2.45, 2.75) is 0 Å². The van der Waals surface area contributed by atoms with Gasteiger partial charge >= 0.3 is 27.6 Å². The van der Waals surface area contributed by atoms with Crippen LogP contribution in [0.25, 0.3) is 0 Å². The second-order valence-corrected chi connectivity index (χ2v) is 5.80. The lowest BCUT2D eigenvalue weighted by atomic mass is 10.3. The van der Waals surface area contributed by atoms with Crippen molar-refractivity contribution in [3.05, 3.63) is 27.8 Å². The molecule has 78 valence electrons. The molecule has 0 radical (unpaired) electrons. The van der Waals surface area contributed by atoms with E-state index in [4.69, 9.17) is 9.79 Å². The number of hydrogen-bond acceptors (Lipinski definition) is 4. The fourth-order valence-electron chi connectivity index (χ4n) is 0.774. The van der Waals surface area contributed by atoms with Gasteiger partial charge in [-0.3, -0.25) is 9.79 Å². The minimum absolute atomic E-state index is 0.167. The standard InChI is InChI=1S/C6H6IO6P/c8-7(9)5-3-1-2-4-6(5)13-14(10,11)12/h1-4H,(H2,10,11,12). The lowest BCUT2D eigenvalue weighted by Crippen LogP contribution is -1.92. The maximum absolute atomic E-state index is 10.7. The van der Waals surface area contributed by atoms with E-state index in [1.807, 2.05) is 0 Å². The first kappa shape index (κ1) is 11.6. The van der Waals surface area contributed by atoms with Crippen molar-refractivity contribution in [2.75, 3.05) is 0 Å².